The molecular formula is C16H24N2O. The molecule has 1 saturated carbocycles. The normalized spacial score (nSPS) is 26.9. The zero-order chi connectivity index (χ0) is 13.1. The van der Waals surface area contributed by atoms with Crippen molar-refractivity contribution in [2.75, 3.05) is 6.54 Å². The van der Waals surface area contributed by atoms with E-state index in [1.54, 1.807) is 0 Å². The Hall–Kier alpha value is -0.930. The first kappa shape index (κ1) is 13.1. The number of nitrogens with one attached hydrogen (secondary N) is 1. The number of hydrogen-bond acceptors (Lipinski definition) is 3. The van der Waals surface area contributed by atoms with Crippen LogP contribution in [0.1, 0.15) is 57.2 Å². The monoisotopic (exact) mass is 260 g/mol. The quantitative estimate of drug-likeness (QED) is 0.902. The van der Waals surface area contributed by atoms with Gasteiger partial charge in [-0.1, -0.05) is 18.9 Å². The van der Waals surface area contributed by atoms with Crippen molar-refractivity contribution in [2.45, 2.75) is 63.2 Å². The van der Waals surface area contributed by atoms with E-state index in [4.69, 9.17) is 4.74 Å². The highest BCUT2D eigenvalue weighted by Crippen LogP contribution is 2.43. The molecule has 3 heteroatoms. The highest BCUT2D eigenvalue weighted by atomic mass is 16.5. The van der Waals surface area contributed by atoms with Crippen LogP contribution in [0.25, 0.3) is 0 Å². The molecule has 1 aliphatic carbocycles. The highest BCUT2D eigenvalue weighted by molar-refractivity contribution is 5.07. The SMILES string of the molecule is CC(NCC1CCC2(CCCC2)O1)c1ccccn1. The van der Waals surface area contributed by atoms with E-state index in [0.29, 0.717) is 12.1 Å². The van der Waals surface area contributed by atoms with Gasteiger partial charge >= 0.3 is 0 Å². The number of aromatic nitrogens is 1. The third-order valence-corrected chi connectivity index (χ3v) is 4.64. The molecule has 2 fully saturated rings. The van der Waals surface area contributed by atoms with E-state index in [-0.39, 0.29) is 5.60 Å². The highest BCUT2D eigenvalue weighted by Gasteiger charge is 2.41. The Balaban J connectivity index is 1.48. The second-order valence-electron chi connectivity index (χ2n) is 6.05. The summed E-state index contributed by atoms with van der Waals surface area (Å²) in [6, 6.07) is 6.37. The Bertz CT molecular complexity index is 400. The second kappa shape index (κ2) is 5.59. The van der Waals surface area contributed by atoms with Gasteiger partial charge in [-0.15, -0.1) is 0 Å². The topological polar surface area (TPSA) is 34.1 Å². The van der Waals surface area contributed by atoms with Crippen LogP contribution in [0.5, 0.6) is 0 Å². The molecule has 2 heterocycles. The van der Waals surface area contributed by atoms with Gasteiger partial charge in [0.25, 0.3) is 0 Å². The maximum atomic E-state index is 6.31. The maximum Gasteiger partial charge on any atom is 0.0708 e. The molecule has 1 spiro atoms. The fraction of sp³-hybridized carbons (Fsp3) is 0.688. The van der Waals surface area contributed by atoms with Crippen LogP contribution in [0.15, 0.2) is 24.4 Å². The Morgan fingerprint density at radius 1 is 1.37 bits per heavy atom. The van der Waals surface area contributed by atoms with Crippen LogP contribution in [0.3, 0.4) is 0 Å². The van der Waals surface area contributed by atoms with Crippen molar-refractivity contribution < 1.29 is 4.74 Å². The molecule has 1 aromatic rings. The molecule has 0 amide bonds. The number of nitrogens with zero attached hydrogens (tertiary/aromatic N) is 1. The lowest BCUT2D eigenvalue weighted by atomic mass is 9.98. The van der Waals surface area contributed by atoms with E-state index in [1.165, 1.54) is 38.5 Å². The van der Waals surface area contributed by atoms with Crippen LogP contribution < -0.4 is 5.32 Å². The summed E-state index contributed by atoms with van der Waals surface area (Å²) < 4.78 is 6.31. The average Bonchev–Trinajstić information content (AvgIpc) is 3.08. The molecule has 19 heavy (non-hydrogen) atoms. The minimum atomic E-state index is 0.251. The van der Waals surface area contributed by atoms with E-state index in [2.05, 4.69) is 23.3 Å². The van der Waals surface area contributed by atoms with E-state index in [9.17, 15) is 0 Å². The number of rotatable bonds is 4. The standard InChI is InChI=1S/C16H24N2O/c1-13(15-6-2-5-11-17-15)18-12-14-7-10-16(19-14)8-3-4-9-16/h2,5-6,11,13-14,18H,3-4,7-10,12H2,1H3. The van der Waals surface area contributed by atoms with Crippen LogP contribution in [0.2, 0.25) is 0 Å². The third-order valence-electron chi connectivity index (χ3n) is 4.64. The predicted octanol–water partition coefficient (Wildman–Crippen LogP) is 3.22. The van der Waals surface area contributed by atoms with E-state index in [1.807, 2.05) is 18.3 Å². The molecule has 1 N–H and O–H groups in total. The zero-order valence-corrected chi connectivity index (χ0v) is 11.8. The average molecular weight is 260 g/mol. The Kier molecular flexibility index (Phi) is 3.85. The van der Waals surface area contributed by atoms with Gasteiger partial charge in [0.05, 0.1) is 17.4 Å². The zero-order valence-electron chi connectivity index (χ0n) is 11.8. The molecule has 2 atom stereocenters. The second-order valence-corrected chi connectivity index (χ2v) is 6.05. The lowest BCUT2D eigenvalue weighted by Crippen LogP contribution is -2.32. The van der Waals surface area contributed by atoms with Gasteiger partial charge in [0.2, 0.25) is 0 Å². The molecule has 2 aliphatic rings. The summed E-state index contributed by atoms with van der Waals surface area (Å²) in [6.07, 6.45) is 9.98. The van der Waals surface area contributed by atoms with E-state index >= 15 is 0 Å². The molecule has 1 saturated heterocycles. The Morgan fingerprint density at radius 2 is 2.21 bits per heavy atom. The van der Waals surface area contributed by atoms with Crippen molar-refractivity contribution in [2.24, 2.45) is 0 Å². The van der Waals surface area contributed by atoms with Crippen molar-refractivity contribution in [3.63, 3.8) is 0 Å². The van der Waals surface area contributed by atoms with Crippen molar-refractivity contribution >= 4 is 0 Å². The summed E-state index contributed by atoms with van der Waals surface area (Å²) in [7, 11) is 0. The van der Waals surface area contributed by atoms with Crippen LogP contribution in [0.4, 0.5) is 0 Å². The molecular weight excluding hydrogens is 236 g/mol. The summed E-state index contributed by atoms with van der Waals surface area (Å²) in [5.74, 6) is 0. The van der Waals surface area contributed by atoms with Crippen molar-refractivity contribution in [3.8, 4) is 0 Å². The first-order valence-corrected chi connectivity index (χ1v) is 7.60. The predicted molar refractivity (Wildman–Crippen MR) is 76.0 cm³/mol. The largest absolute Gasteiger partial charge is 0.370 e. The summed E-state index contributed by atoms with van der Waals surface area (Å²) >= 11 is 0. The van der Waals surface area contributed by atoms with Gasteiger partial charge < -0.3 is 10.1 Å². The van der Waals surface area contributed by atoms with Crippen molar-refractivity contribution in [1.29, 1.82) is 0 Å². The molecule has 3 nitrogen and oxygen atoms in total. The fourth-order valence-corrected chi connectivity index (χ4v) is 3.47. The minimum absolute atomic E-state index is 0.251. The van der Waals surface area contributed by atoms with Gasteiger partial charge in [0, 0.05) is 18.8 Å². The summed E-state index contributed by atoms with van der Waals surface area (Å²) in [5, 5.41) is 3.56. The van der Waals surface area contributed by atoms with Crippen molar-refractivity contribution in [1.82, 2.24) is 10.3 Å². The van der Waals surface area contributed by atoms with Gasteiger partial charge in [-0.05, 0) is 44.7 Å². The van der Waals surface area contributed by atoms with Gasteiger partial charge in [-0.2, -0.15) is 0 Å². The van der Waals surface area contributed by atoms with Crippen molar-refractivity contribution in [3.05, 3.63) is 30.1 Å². The van der Waals surface area contributed by atoms with Gasteiger partial charge in [-0.25, -0.2) is 0 Å². The smallest absolute Gasteiger partial charge is 0.0708 e. The van der Waals surface area contributed by atoms with Crippen LogP contribution in [0, 0.1) is 0 Å². The van der Waals surface area contributed by atoms with Crippen LogP contribution >= 0.6 is 0 Å². The maximum absolute atomic E-state index is 6.31. The summed E-state index contributed by atoms with van der Waals surface area (Å²) in [4.78, 5) is 4.39. The van der Waals surface area contributed by atoms with Crippen LogP contribution in [-0.2, 0) is 4.74 Å². The Morgan fingerprint density at radius 3 is 2.95 bits per heavy atom. The molecule has 104 valence electrons. The van der Waals surface area contributed by atoms with E-state index < -0.39 is 0 Å². The molecule has 2 unspecified atom stereocenters. The lowest BCUT2D eigenvalue weighted by molar-refractivity contribution is -0.0358. The Labute approximate surface area is 115 Å². The summed E-state index contributed by atoms with van der Waals surface area (Å²) in [5.41, 5.74) is 1.36. The molecule has 0 radical (unpaired) electrons. The third kappa shape index (κ3) is 2.98. The number of ether oxygens (including phenoxy) is 1. The van der Waals surface area contributed by atoms with Crippen LogP contribution in [-0.4, -0.2) is 23.2 Å². The number of pyridine rings is 1. The molecule has 0 bridgehead atoms. The first-order valence-electron chi connectivity index (χ1n) is 7.60. The van der Waals surface area contributed by atoms with E-state index in [0.717, 1.165) is 12.2 Å². The molecule has 3 rings (SSSR count). The number of hydrogen-bond donors (Lipinski definition) is 1. The summed E-state index contributed by atoms with van der Waals surface area (Å²) in [6.45, 7) is 3.11. The first-order chi connectivity index (χ1) is 9.27. The molecule has 0 aromatic carbocycles. The van der Waals surface area contributed by atoms with Gasteiger partial charge in [0.1, 0.15) is 0 Å². The lowest BCUT2D eigenvalue weighted by Gasteiger charge is -2.24. The van der Waals surface area contributed by atoms with Gasteiger partial charge in [0.15, 0.2) is 0 Å². The molecule has 1 aromatic heterocycles. The fourth-order valence-electron chi connectivity index (χ4n) is 3.47. The van der Waals surface area contributed by atoms with Gasteiger partial charge in [-0.3, -0.25) is 4.98 Å². The minimum Gasteiger partial charge on any atom is -0.370 e. The molecule has 1 aliphatic heterocycles.